The second-order valence-electron chi connectivity index (χ2n) is 6.91. The highest BCUT2D eigenvalue weighted by atomic mass is 19.1. The van der Waals surface area contributed by atoms with Crippen molar-refractivity contribution in [3.63, 3.8) is 0 Å². The lowest BCUT2D eigenvalue weighted by Gasteiger charge is -2.34. The number of aromatic amines is 1. The number of fused-ring (bicyclic) bond motifs is 3. The minimum atomic E-state index is -0.513. The van der Waals surface area contributed by atoms with Gasteiger partial charge in [0, 0.05) is 30.3 Å². The molecule has 1 aliphatic rings. The third-order valence-electron chi connectivity index (χ3n) is 5.37. The van der Waals surface area contributed by atoms with Gasteiger partial charge in [0.2, 0.25) is 5.95 Å². The topological polar surface area (TPSA) is 72.8 Å². The van der Waals surface area contributed by atoms with E-state index in [-0.39, 0.29) is 17.8 Å². The zero-order valence-electron chi connectivity index (χ0n) is 14.6. The number of methoxy groups -OCH3 is 1. The molecule has 0 saturated heterocycles. The van der Waals surface area contributed by atoms with Gasteiger partial charge in [-0.2, -0.15) is 4.39 Å². The molecule has 1 aliphatic carbocycles. The number of nitrogens with one attached hydrogen (secondary N) is 1. The highest BCUT2D eigenvalue weighted by Crippen LogP contribution is 2.37. The van der Waals surface area contributed by atoms with Crippen LogP contribution in [0.3, 0.4) is 0 Å². The Bertz CT molecular complexity index is 1210. The lowest BCUT2D eigenvalue weighted by Crippen LogP contribution is -2.36. The van der Waals surface area contributed by atoms with E-state index in [1.165, 1.54) is 12.3 Å². The van der Waals surface area contributed by atoms with Crippen molar-refractivity contribution in [3.05, 3.63) is 59.2 Å². The molecule has 1 aromatic carbocycles. The fraction of sp³-hybridized carbons (Fsp3) is 0.250. The number of H-pyrrole nitrogens is 1. The van der Waals surface area contributed by atoms with Crippen LogP contribution in [0.2, 0.25) is 0 Å². The Kier molecular flexibility index (Phi) is 3.58. The third-order valence-corrected chi connectivity index (χ3v) is 5.37. The number of ether oxygens (including phenoxy) is 1. The van der Waals surface area contributed by atoms with Gasteiger partial charge in [-0.05, 0) is 42.7 Å². The van der Waals surface area contributed by atoms with Crippen molar-refractivity contribution in [1.29, 1.82) is 0 Å². The molecule has 1 N–H and O–H groups in total. The van der Waals surface area contributed by atoms with Gasteiger partial charge in [-0.1, -0.05) is 6.07 Å². The molecule has 1 saturated carbocycles. The van der Waals surface area contributed by atoms with Gasteiger partial charge in [-0.3, -0.25) is 9.55 Å². The predicted octanol–water partition coefficient (Wildman–Crippen LogP) is 3.43. The highest BCUT2D eigenvalue weighted by Gasteiger charge is 2.33. The average molecular weight is 364 g/mol. The summed E-state index contributed by atoms with van der Waals surface area (Å²) in [5.41, 5.74) is 3.93. The van der Waals surface area contributed by atoms with E-state index in [1.54, 1.807) is 19.4 Å². The number of hydrogen-bond donors (Lipinski definition) is 1. The molecular formula is C20H17FN4O2. The van der Waals surface area contributed by atoms with Gasteiger partial charge in [-0.25, -0.2) is 9.78 Å². The average Bonchev–Trinajstić information content (AvgIpc) is 2.98. The quantitative estimate of drug-likeness (QED) is 0.565. The van der Waals surface area contributed by atoms with Crippen LogP contribution in [-0.4, -0.2) is 32.7 Å². The number of pyridine rings is 2. The van der Waals surface area contributed by atoms with Gasteiger partial charge in [-0.15, -0.1) is 0 Å². The smallest absolute Gasteiger partial charge is 0.326 e. The third kappa shape index (κ3) is 2.54. The minimum Gasteiger partial charge on any atom is -0.381 e. The van der Waals surface area contributed by atoms with Gasteiger partial charge in [0.05, 0.1) is 28.9 Å². The first kappa shape index (κ1) is 16.1. The summed E-state index contributed by atoms with van der Waals surface area (Å²) in [6.45, 7) is 0. The summed E-state index contributed by atoms with van der Waals surface area (Å²) < 4.78 is 20.3. The molecular weight excluding hydrogens is 347 g/mol. The second-order valence-corrected chi connectivity index (χ2v) is 6.91. The van der Waals surface area contributed by atoms with E-state index >= 15 is 0 Å². The summed E-state index contributed by atoms with van der Waals surface area (Å²) in [7, 11) is 1.70. The summed E-state index contributed by atoms with van der Waals surface area (Å²) in [5, 5.41) is 0.883. The number of aromatic nitrogens is 4. The maximum atomic E-state index is 13.1. The van der Waals surface area contributed by atoms with Crippen molar-refractivity contribution >= 4 is 21.9 Å². The highest BCUT2D eigenvalue weighted by molar-refractivity contribution is 6.03. The molecule has 0 atom stereocenters. The van der Waals surface area contributed by atoms with Crippen LogP contribution in [0, 0.1) is 5.95 Å². The molecule has 0 radical (unpaired) electrons. The molecule has 0 bridgehead atoms. The summed E-state index contributed by atoms with van der Waals surface area (Å²) in [6, 6.07) is 8.96. The standard InChI is InChI=1S/C20H17FN4O2/c1-27-14-7-13(8-14)25-19-15-6-11(12-3-5-18(21)23-9-12)2-4-16(15)22-10-17(19)24-20(25)26/h2-6,9-10,13-14H,7-8H2,1H3,(H,24,26). The summed E-state index contributed by atoms with van der Waals surface area (Å²) in [4.78, 5) is 23.7. The van der Waals surface area contributed by atoms with Crippen molar-refractivity contribution < 1.29 is 9.13 Å². The van der Waals surface area contributed by atoms with Gasteiger partial charge in [0.15, 0.2) is 0 Å². The molecule has 136 valence electrons. The molecule has 0 amide bonds. The van der Waals surface area contributed by atoms with E-state index in [0.717, 1.165) is 40.4 Å². The maximum absolute atomic E-state index is 13.1. The molecule has 3 aromatic heterocycles. The van der Waals surface area contributed by atoms with Crippen molar-refractivity contribution in [2.45, 2.75) is 25.0 Å². The van der Waals surface area contributed by atoms with Crippen LogP contribution in [0.25, 0.3) is 33.1 Å². The summed E-state index contributed by atoms with van der Waals surface area (Å²) in [5.74, 6) is -0.513. The fourth-order valence-electron chi connectivity index (χ4n) is 3.82. The maximum Gasteiger partial charge on any atom is 0.326 e. The molecule has 0 aliphatic heterocycles. The largest absolute Gasteiger partial charge is 0.381 e. The molecule has 5 rings (SSSR count). The number of halogens is 1. The van der Waals surface area contributed by atoms with Crippen LogP contribution in [0.1, 0.15) is 18.9 Å². The normalized spacial score (nSPS) is 19.5. The lowest BCUT2D eigenvalue weighted by molar-refractivity contribution is 0.00653. The van der Waals surface area contributed by atoms with Gasteiger partial charge in [0.1, 0.15) is 0 Å². The number of benzene rings is 1. The SMILES string of the molecule is COC1CC(n2c(=O)[nH]c3cnc4ccc(-c5ccc(F)nc5)cc4c32)C1. The summed E-state index contributed by atoms with van der Waals surface area (Å²) in [6.07, 6.45) is 5.02. The number of rotatable bonds is 3. The summed E-state index contributed by atoms with van der Waals surface area (Å²) >= 11 is 0. The number of imidazole rings is 1. The molecule has 7 heteroatoms. The van der Waals surface area contributed by atoms with Gasteiger partial charge in [0.25, 0.3) is 0 Å². The second kappa shape index (κ2) is 5.99. The Balaban J connectivity index is 1.72. The molecule has 3 heterocycles. The van der Waals surface area contributed by atoms with Crippen molar-refractivity contribution in [2.24, 2.45) is 0 Å². The Hall–Kier alpha value is -3.06. The van der Waals surface area contributed by atoms with Crippen LogP contribution in [-0.2, 0) is 4.74 Å². The van der Waals surface area contributed by atoms with Crippen molar-refractivity contribution in [1.82, 2.24) is 19.5 Å². The van der Waals surface area contributed by atoms with Gasteiger partial charge >= 0.3 is 5.69 Å². The van der Waals surface area contributed by atoms with E-state index in [4.69, 9.17) is 4.74 Å². The zero-order chi connectivity index (χ0) is 18.5. The van der Waals surface area contributed by atoms with Crippen molar-refractivity contribution in [3.8, 4) is 11.1 Å². The number of hydrogen-bond acceptors (Lipinski definition) is 4. The van der Waals surface area contributed by atoms with Crippen LogP contribution >= 0.6 is 0 Å². The van der Waals surface area contributed by atoms with Gasteiger partial charge < -0.3 is 9.72 Å². The fourth-order valence-corrected chi connectivity index (χ4v) is 3.82. The molecule has 0 unspecified atom stereocenters. The minimum absolute atomic E-state index is 0.109. The molecule has 4 aromatic rings. The lowest BCUT2D eigenvalue weighted by atomic mass is 9.89. The van der Waals surface area contributed by atoms with Crippen LogP contribution in [0.15, 0.2) is 47.5 Å². The Morgan fingerprint density at radius 2 is 1.96 bits per heavy atom. The zero-order valence-corrected chi connectivity index (χ0v) is 14.6. The van der Waals surface area contributed by atoms with E-state index in [1.807, 2.05) is 22.8 Å². The van der Waals surface area contributed by atoms with E-state index in [9.17, 15) is 9.18 Å². The van der Waals surface area contributed by atoms with Crippen molar-refractivity contribution in [2.75, 3.05) is 7.11 Å². The van der Waals surface area contributed by atoms with Crippen LogP contribution in [0.4, 0.5) is 4.39 Å². The van der Waals surface area contributed by atoms with E-state index in [2.05, 4.69) is 15.0 Å². The first-order valence-electron chi connectivity index (χ1n) is 8.82. The van der Waals surface area contributed by atoms with E-state index in [0.29, 0.717) is 5.52 Å². The van der Waals surface area contributed by atoms with E-state index < -0.39 is 5.95 Å². The Labute approximate surface area is 153 Å². The number of nitrogens with zero attached hydrogens (tertiary/aromatic N) is 3. The van der Waals surface area contributed by atoms with Crippen LogP contribution in [0.5, 0.6) is 0 Å². The molecule has 0 spiro atoms. The molecule has 6 nitrogen and oxygen atoms in total. The first-order valence-corrected chi connectivity index (χ1v) is 8.82. The predicted molar refractivity (Wildman–Crippen MR) is 100 cm³/mol. The first-order chi connectivity index (χ1) is 13.1. The molecule has 1 fully saturated rings. The Morgan fingerprint density at radius 3 is 2.70 bits per heavy atom. The molecule has 27 heavy (non-hydrogen) atoms. The monoisotopic (exact) mass is 364 g/mol. The Morgan fingerprint density at radius 1 is 1.15 bits per heavy atom. The van der Waals surface area contributed by atoms with Crippen LogP contribution < -0.4 is 5.69 Å².